The third-order valence-electron chi connectivity index (χ3n) is 3.50. The molecule has 116 valence electrons. The summed E-state index contributed by atoms with van der Waals surface area (Å²) in [7, 11) is 0. The molecule has 2 atom stereocenters. The minimum absolute atomic E-state index is 0.0526. The molecule has 3 N–H and O–H groups in total. The molecule has 0 aliphatic heterocycles. The number of carbonyl (C=O) groups is 2. The SMILES string of the molecule is CC[C@H](C)[C@H](NCC(=O)Nc1cccc(Cl)c1C)C(=O)O. The summed E-state index contributed by atoms with van der Waals surface area (Å²) in [4.78, 5) is 23.1. The Labute approximate surface area is 129 Å². The number of carbonyl (C=O) groups excluding carboxylic acids is 1. The highest BCUT2D eigenvalue weighted by Gasteiger charge is 2.23. The summed E-state index contributed by atoms with van der Waals surface area (Å²) in [6, 6.07) is 4.51. The van der Waals surface area contributed by atoms with Gasteiger partial charge in [0.1, 0.15) is 6.04 Å². The molecule has 6 heteroatoms. The maximum Gasteiger partial charge on any atom is 0.320 e. The standard InChI is InChI=1S/C15H21ClN2O3/c1-4-9(2)14(15(20)21)17-8-13(19)18-12-7-5-6-11(16)10(12)3/h5-7,9,14,17H,4,8H2,1-3H3,(H,18,19)(H,20,21)/t9-,14-/m0/s1. The van der Waals surface area contributed by atoms with Crippen molar-refractivity contribution in [1.29, 1.82) is 0 Å². The Morgan fingerprint density at radius 1 is 1.38 bits per heavy atom. The Kier molecular flexibility index (Phi) is 6.65. The molecule has 0 aliphatic carbocycles. The molecule has 0 saturated carbocycles. The molecule has 0 aromatic heterocycles. The van der Waals surface area contributed by atoms with E-state index in [0.29, 0.717) is 10.7 Å². The predicted octanol–water partition coefficient (Wildman–Crippen LogP) is 2.68. The number of hydrogen-bond donors (Lipinski definition) is 3. The molecule has 1 aromatic rings. The van der Waals surface area contributed by atoms with Crippen LogP contribution in [0.5, 0.6) is 0 Å². The summed E-state index contributed by atoms with van der Waals surface area (Å²) in [6.07, 6.45) is 0.721. The van der Waals surface area contributed by atoms with E-state index in [4.69, 9.17) is 16.7 Å². The maximum atomic E-state index is 11.9. The number of aliphatic carboxylic acids is 1. The van der Waals surface area contributed by atoms with Crippen LogP contribution in [0.3, 0.4) is 0 Å². The second-order valence-electron chi connectivity index (χ2n) is 5.04. The number of anilines is 1. The molecule has 5 nitrogen and oxygen atoms in total. The molecule has 0 unspecified atom stereocenters. The molecule has 0 fully saturated rings. The number of halogens is 1. The lowest BCUT2D eigenvalue weighted by molar-refractivity contribution is -0.140. The molecule has 0 bridgehead atoms. The average Bonchev–Trinajstić information content (AvgIpc) is 2.43. The van der Waals surface area contributed by atoms with Gasteiger partial charge in [-0.05, 0) is 30.5 Å². The number of hydrogen-bond acceptors (Lipinski definition) is 3. The van der Waals surface area contributed by atoms with Crippen molar-refractivity contribution in [2.75, 3.05) is 11.9 Å². The van der Waals surface area contributed by atoms with Crippen LogP contribution in [0.15, 0.2) is 18.2 Å². The van der Waals surface area contributed by atoms with Gasteiger partial charge in [-0.25, -0.2) is 0 Å². The molecular formula is C15H21ClN2O3. The van der Waals surface area contributed by atoms with Gasteiger partial charge in [-0.15, -0.1) is 0 Å². The topological polar surface area (TPSA) is 78.4 Å². The van der Waals surface area contributed by atoms with Crippen LogP contribution in [-0.4, -0.2) is 29.6 Å². The summed E-state index contributed by atoms with van der Waals surface area (Å²) in [5, 5.41) is 15.2. The minimum Gasteiger partial charge on any atom is -0.480 e. The first kappa shape index (κ1) is 17.5. The van der Waals surface area contributed by atoms with E-state index in [-0.39, 0.29) is 18.4 Å². The number of carboxylic acids is 1. The van der Waals surface area contributed by atoms with E-state index in [1.807, 2.05) is 20.8 Å². The van der Waals surface area contributed by atoms with Gasteiger partial charge in [-0.2, -0.15) is 0 Å². The molecular weight excluding hydrogens is 292 g/mol. The first-order chi connectivity index (χ1) is 9.86. The van der Waals surface area contributed by atoms with E-state index in [0.717, 1.165) is 12.0 Å². The van der Waals surface area contributed by atoms with Crippen LogP contribution in [0, 0.1) is 12.8 Å². The van der Waals surface area contributed by atoms with Crippen LogP contribution in [-0.2, 0) is 9.59 Å². The lowest BCUT2D eigenvalue weighted by atomic mass is 9.99. The Bertz CT molecular complexity index is 520. The van der Waals surface area contributed by atoms with Gasteiger partial charge in [-0.3, -0.25) is 14.9 Å². The molecule has 1 aromatic carbocycles. The largest absolute Gasteiger partial charge is 0.480 e. The average molecular weight is 313 g/mol. The van der Waals surface area contributed by atoms with Crippen LogP contribution < -0.4 is 10.6 Å². The molecule has 21 heavy (non-hydrogen) atoms. The van der Waals surface area contributed by atoms with Crippen LogP contribution in [0.25, 0.3) is 0 Å². The van der Waals surface area contributed by atoms with Gasteiger partial charge in [0.05, 0.1) is 6.54 Å². The molecule has 1 rings (SSSR count). The fraction of sp³-hybridized carbons (Fsp3) is 0.467. The zero-order valence-electron chi connectivity index (χ0n) is 12.4. The van der Waals surface area contributed by atoms with Gasteiger partial charge in [0.25, 0.3) is 0 Å². The fourth-order valence-corrected chi connectivity index (χ4v) is 2.08. The quantitative estimate of drug-likeness (QED) is 0.723. The number of amides is 1. The van der Waals surface area contributed by atoms with Crippen molar-refractivity contribution in [2.45, 2.75) is 33.2 Å². The van der Waals surface area contributed by atoms with E-state index in [1.165, 1.54) is 0 Å². The Hall–Kier alpha value is -1.59. The van der Waals surface area contributed by atoms with Gasteiger partial charge < -0.3 is 10.4 Å². The van der Waals surface area contributed by atoms with E-state index in [1.54, 1.807) is 18.2 Å². The number of carboxylic acid groups (broad SMARTS) is 1. The number of rotatable bonds is 7. The predicted molar refractivity (Wildman–Crippen MR) is 83.7 cm³/mol. The van der Waals surface area contributed by atoms with Crippen molar-refractivity contribution in [3.8, 4) is 0 Å². The highest BCUT2D eigenvalue weighted by molar-refractivity contribution is 6.31. The van der Waals surface area contributed by atoms with Gasteiger partial charge in [0.15, 0.2) is 0 Å². The van der Waals surface area contributed by atoms with Crippen molar-refractivity contribution in [3.05, 3.63) is 28.8 Å². The van der Waals surface area contributed by atoms with Crippen molar-refractivity contribution >= 4 is 29.2 Å². The highest BCUT2D eigenvalue weighted by Crippen LogP contribution is 2.22. The smallest absolute Gasteiger partial charge is 0.320 e. The van der Waals surface area contributed by atoms with Gasteiger partial charge in [0, 0.05) is 10.7 Å². The summed E-state index contributed by atoms with van der Waals surface area (Å²) in [6.45, 7) is 5.50. The summed E-state index contributed by atoms with van der Waals surface area (Å²) >= 11 is 5.98. The lowest BCUT2D eigenvalue weighted by Gasteiger charge is -2.20. The Balaban J connectivity index is 2.61. The van der Waals surface area contributed by atoms with Crippen molar-refractivity contribution in [1.82, 2.24) is 5.32 Å². The van der Waals surface area contributed by atoms with Crippen LogP contribution in [0.1, 0.15) is 25.8 Å². The summed E-state index contributed by atoms with van der Waals surface area (Å²) in [5.41, 5.74) is 1.41. The summed E-state index contributed by atoms with van der Waals surface area (Å²) < 4.78 is 0. The number of benzene rings is 1. The van der Waals surface area contributed by atoms with Crippen molar-refractivity contribution in [3.63, 3.8) is 0 Å². The van der Waals surface area contributed by atoms with Crippen LogP contribution in [0.2, 0.25) is 5.02 Å². The van der Waals surface area contributed by atoms with E-state index < -0.39 is 12.0 Å². The van der Waals surface area contributed by atoms with Gasteiger partial charge in [0.2, 0.25) is 5.91 Å². The monoisotopic (exact) mass is 312 g/mol. The second-order valence-corrected chi connectivity index (χ2v) is 5.45. The molecule has 0 aliphatic rings. The van der Waals surface area contributed by atoms with Gasteiger partial charge >= 0.3 is 5.97 Å². The molecule has 0 radical (unpaired) electrons. The first-order valence-corrected chi connectivity index (χ1v) is 7.25. The maximum absolute atomic E-state index is 11.9. The third kappa shape index (κ3) is 5.02. The second kappa shape index (κ2) is 8.00. The molecule has 0 heterocycles. The zero-order chi connectivity index (χ0) is 16.0. The molecule has 0 saturated heterocycles. The van der Waals surface area contributed by atoms with E-state index in [9.17, 15) is 9.59 Å². The zero-order valence-corrected chi connectivity index (χ0v) is 13.2. The normalized spacial score (nSPS) is 13.5. The highest BCUT2D eigenvalue weighted by atomic mass is 35.5. The Morgan fingerprint density at radius 2 is 2.05 bits per heavy atom. The number of nitrogens with one attached hydrogen (secondary N) is 2. The lowest BCUT2D eigenvalue weighted by Crippen LogP contribution is -2.45. The minimum atomic E-state index is -0.948. The van der Waals surface area contributed by atoms with E-state index >= 15 is 0 Å². The molecule has 1 amide bonds. The summed E-state index contributed by atoms with van der Waals surface area (Å²) in [5.74, 6) is -1.30. The van der Waals surface area contributed by atoms with Gasteiger partial charge in [-0.1, -0.05) is 37.9 Å². The third-order valence-corrected chi connectivity index (χ3v) is 3.91. The van der Waals surface area contributed by atoms with Crippen LogP contribution >= 0.6 is 11.6 Å². The van der Waals surface area contributed by atoms with Crippen molar-refractivity contribution < 1.29 is 14.7 Å². The molecule has 0 spiro atoms. The first-order valence-electron chi connectivity index (χ1n) is 6.88. The van der Waals surface area contributed by atoms with Crippen molar-refractivity contribution in [2.24, 2.45) is 5.92 Å². The Morgan fingerprint density at radius 3 is 2.62 bits per heavy atom. The van der Waals surface area contributed by atoms with Crippen LogP contribution in [0.4, 0.5) is 5.69 Å². The fourth-order valence-electron chi connectivity index (χ4n) is 1.91. The van der Waals surface area contributed by atoms with E-state index in [2.05, 4.69) is 10.6 Å².